The molecule has 6 nitrogen and oxygen atoms in total. The van der Waals surface area contributed by atoms with Gasteiger partial charge in [-0.2, -0.15) is 0 Å². The van der Waals surface area contributed by atoms with Crippen LogP contribution in [0.25, 0.3) is 0 Å². The van der Waals surface area contributed by atoms with Gasteiger partial charge in [-0.25, -0.2) is 0 Å². The van der Waals surface area contributed by atoms with E-state index in [1.54, 1.807) is 0 Å². The van der Waals surface area contributed by atoms with Crippen LogP contribution < -0.4 is 10.4 Å². The highest BCUT2D eigenvalue weighted by Gasteiger charge is 2.28. The summed E-state index contributed by atoms with van der Waals surface area (Å²) in [6, 6.07) is 0. The molecule has 1 aliphatic heterocycles. The molecule has 1 rings (SSSR count). The molecule has 8 heteroatoms. The topological polar surface area (TPSA) is 89.5 Å². The lowest BCUT2D eigenvalue weighted by Crippen LogP contribution is -2.43. The van der Waals surface area contributed by atoms with Crippen molar-refractivity contribution in [3.8, 4) is 0 Å². The third-order valence-electron chi connectivity index (χ3n) is 1.57. The quantitative estimate of drug-likeness (QED) is 0.563. The Morgan fingerprint density at radius 1 is 1.60 bits per heavy atom. The first-order chi connectivity index (χ1) is 7.00. The van der Waals surface area contributed by atoms with Gasteiger partial charge in [0.25, 0.3) is 0 Å². The van der Waals surface area contributed by atoms with Gasteiger partial charge in [-0.05, 0) is 0 Å². The molecule has 1 fully saturated rings. The molecule has 1 saturated heterocycles. The Balaban J connectivity index is 2.40. The maximum atomic E-state index is 11.2. The Hall–Kier alpha value is -1.15. The molecular weight excluding hydrogens is 240 g/mol. The second kappa shape index (κ2) is 5.08. The molecule has 82 valence electrons. The maximum Gasteiger partial charge on any atom is 0.240 e. The number of thioether (sulfide) groups is 1. The van der Waals surface area contributed by atoms with E-state index in [1.807, 2.05) is 0 Å². The molecule has 1 aliphatic rings. The summed E-state index contributed by atoms with van der Waals surface area (Å²) in [5, 5.41) is 12.1. The Kier molecular flexibility index (Phi) is 4.04. The lowest BCUT2D eigenvalue weighted by Gasteiger charge is -2.14. The van der Waals surface area contributed by atoms with Gasteiger partial charge < -0.3 is 15.2 Å². The van der Waals surface area contributed by atoms with Crippen molar-refractivity contribution in [3.63, 3.8) is 0 Å². The minimum atomic E-state index is -1.38. The average Bonchev–Trinajstić information content (AvgIpc) is 2.46. The number of carbonyl (C=O) groups excluding carboxylic acids is 3. The Bertz CT molecular complexity index is 315. The molecule has 0 atom stereocenters. The summed E-state index contributed by atoms with van der Waals surface area (Å²) in [5.41, 5.74) is 0. The zero-order chi connectivity index (χ0) is 11.4. The lowest BCUT2D eigenvalue weighted by molar-refractivity contribution is -0.304. The minimum Gasteiger partial charge on any atom is -0.548 e. The lowest BCUT2D eigenvalue weighted by atomic mass is 10.5. The maximum absolute atomic E-state index is 11.2. The minimum absolute atomic E-state index is 0.229. The summed E-state index contributed by atoms with van der Waals surface area (Å²) < 4.78 is 0.337. The zero-order valence-corrected chi connectivity index (χ0v) is 9.15. The van der Waals surface area contributed by atoms with Crippen LogP contribution in [0.4, 0.5) is 0 Å². The fraction of sp³-hybridized carbons (Fsp3) is 0.429. The second-order valence-electron chi connectivity index (χ2n) is 2.68. The van der Waals surface area contributed by atoms with Crippen LogP contribution in [-0.2, 0) is 14.4 Å². The monoisotopic (exact) mass is 247 g/mol. The molecular formula is C7H7N2O4S2-. The van der Waals surface area contributed by atoms with Gasteiger partial charge in [0.2, 0.25) is 11.8 Å². The Labute approximate surface area is 95.0 Å². The highest BCUT2D eigenvalue weighted by atomic mass is 32.2. The number of carboxylic acids is 1. The van der Waals surface area contributed by atoms with Crippen molar-refractivity contribution >= 4 is 46.1 Å². The molecule has 0 bridgehead atoms. The number of amides is 2. The van der Waals surface area contributed by atoms with Crippen molar-refractivity contribution < 1.29 is 19.5 Å². The Morgan fingerprint density at radius 3 is 2.73 bits per heavy atom. The van der Waals surface area contributed by atoms with Crippen LogP contribution in [0.5, 0.6) is 0 Å². The standard InChI is InChI=1S/C7H8N2O4S2/c10-4(8-1-6(12)13)2-9-5(11)3-15-7(9)14/h1-3H2,(H,8,10)(H,12,13)/p-1. The van der Waals surface area contributed by atoms with Crippen molar-refractivity contribution in [2.75, 3.05) is 18.8 Å². The van der Waals surface area contributed by atoms with Gasteiger partial charge in [-0.1, -0.05) is 24.0 Å². The van der Waals surface area contributed by atoms with Gasteiger partial charge in [0.1, 0.15) is 10.9 Å². The van der Waals surface area contributed by atoms with E-state index in [2.05, 4.69) is 5.32 Å². The molecule has 2 amide bonds. The van der Waals surface area contributed by atoms with Crippen molar-refractivity contribution in [1.29, 1.82) is 0 Å². The second-order valence-corrected chi connectivity index (χ2v) is 4.29. The molecule has 0 saturated carbocycles. The van der Waals surface area contributed by atoms with Crippen LogP contribution in [0.15, 0.2) is 0 Å². The van der Waals surface area contributed by atoms with E-state index < -0.39 is 18.4 Å². The summed E-state index contributed by atoms with van der Waals surface area (Å²) in [5.74, 6) is -1.97. The van der Waals surface area contributed by atoms with Crippen molar-refractivity contribution in [2.24, 2.45) is 0 Å². The van der Waals surface area contributed by atoms with Gasteiger partial charge in [0, 0.05) is 0 Å². The van der Waals surface area contributed by atoms with E-state index in [9.17, 15) is 19.5 Å². The SMILES string of the molecule is O=C([O-])CNC(=O)CN1C(=O)CSC1=S. The number of carbonyl (C=O) groups is 3. The highest BCUT2D eigenvalue weighted by molar-refractivity contribution is 8.23. The van der Waals surface area contributed by atoms with Crippen molar-refractivity contribution in [2.45, 2.75) is 0 Å². The third kappa shape index (κ3) is 3.48. The van der Waals surface area contributed by atoms with Gasteiger partial charge in [-0.3, -0.25) is 14.5 Å². The van der Waals surface area contributed by atoms with Gasteiger partial charge in [0.15, 0.2) is 0 Å². The number of thiocarbonyl (C=S) groups is 1. The summed E-state index contributed by atoms with van der Waals surface area (Å²) in [6.45, 7) is -0.807. The van der Waals surface area contributed by atoms with Gasteiger partial charge >= 0.3 is 0 Å². The van der Waals surface area contributed by atoms with Crippen molar-refractivity contribution in [3.05, 3.63) is 0 Å². The third-order valence-corrected chi connectivity index (χ3v) is 3.00. The molecule has 0 spiro atoms. The van der Waals surface area contributed by atoms with Crippen LogP contribution in [0, 0.1) is 0 Å². The highest BCUT2D eigenvalue weighted by Crippen LogP contribution is 2.18. The molecule has 0 aromatic heterocycles. The van der Waals surface area contributed by atoms with Crippen LogP contribution in [-0.4, -0.2) is 45.8 Å². The van der Waals surface area contributed by atoms with E-state index in [1.165, 1.54) is 11.8 Å². The molecule has 0 aromatic rings. The number of nitrogens with zero attached hydrogens (tertiary/aromatic N) is 1. The van der Waals surface area contributed by atoms with Gasteiger partial charge in [-0.15, -0.1) is 0 Å². The Morgan fingerprint density at radius 2 is 2.27 bits per heavy atom. The van der Waals surface area contributed by atoms with E-state index in [0.29, 0.717) is 4.32 Å². The molecule has 1 heterocycles. The molecule has 0 radical (unpaired) electrons. The van der Waals surface area contributed by atoms with Crippen LogP contribution in [0.2, 0.25) is 0 Å². The fourth-order valence-electron chi connectivity index (χ4n) is 0.904. The first-order valence-corrected chi connectivity index (χ1v) is 5.33. The molecule has 0 aromatic carbocycles. The summed E-state index contributed by atoms with van der Waals surface area (Å²) in [6.07, 6.45) is 0. The molecule has 1 N–H and O–H groups in total. The predicted octanol–water partition coefficient (Wildman–Crippen LogP) is -2.29. The van der Waals surface area contributed by atoms with Crippen LogP contribution >= 0.6 is 24.0 Å². The number of rotatable bonds is 4. The van der Waals surface area contributed by atoms with E-state index in [4.69, 9.17) is 12.2 Å². The van der Waals surface area contributed by atoms with E-state index >= 15 is 0 Å². The number of hydrogen-bond donors (Lipinski definition) is 1. The first-order valence-electron chi connectivity index (χ1n) is 3.94. The van der Waals surface area contributed by atoms with Crippen molar-refractivity contribution in [1.82, 2.24) is 10.2 Å². The summed E-state index contributed by atoms with van der Waals surface area (Å²) >= 11 is 6.01. The number of aliphatic carboxylic acids is 1. The summed E-state index contributed by atoms with van der Waals surface area (Å²) in [4.78, 5) is 33.5. The average molecular weight is 247 g/mol. The fourth-order valence-corrected chi connectivity index (χ4v) is 1.97. The first kappa shape index (κ1) is 11.9. The van der Waals surface area contributed by atoms with E-state index in [-0.39, 0.29) is 18.2 Å². The predicted molar refractivity (Wildman–Crippen MR) is 54.8 cm³/mol. The van der Waals surface area contributed by atoms with Gasteiger partial charge in [0.05, 0.1) is 18.3 Å². The number of nitrogens with one attached hydrogen (secondary N) is 1. The number of hydrogen-bond acceptors (Lipinski definition) is 6. The smallest absolute Gasteiger partial charge is 0.240 e. The molecule has 15 heavy (non-hydrogen) atoms. The molecule has 0 unspecified atom stereocenters. The van der Waals surface area contributed by atoms with Crippen LogP contribution in [0.3, 0.4) is 0 Å². The normalized spacial score (nSPS) is 15.6. The largest absolute Gasteiger partial charge is 0.548 e. The summed E-state index contributed by atoms with van der Waals surface area (Å²) in [7, 11) is 0. The van der Waals surface area contributed by atoms with Crippen LogP contribution in [0.1, 0.15) is 0 Å². The molecule has 0 aliphatic carbocycles. The van der Waals surface area contributed by atoms with E-state index in [0.717, 1.165) is 4.90 Å². The zero-order valence-electron chi connectivity index (χ0n) is 7.52. The number of carboxylic acid groups (broad SMARTS) is 1.